The minimum atomic E-state index is -0.476. The molecular formula is C24H21BO4. The number of rotatable bonds is 1. The maximum atomic E-state index is 6.32. The number of hydrogen-bond donors (Lipinski definition) is 0. The summed E-state index contributed by atoms with van der Waals surface area (Å²) in [6.07, 6.45) is 0. The van der Waals surface area contributed by atoms with Crippen LogP contribution in [0.25, 0.3) is 43.9 Å². The van der Waals surface area contributed by atoms with Crippen molar-refractivity contribution in [2.24, 2.45) is 0 Å². The fraction of sp³-hybridized carbons (Fsp3) is 0.250. The van der Waals surface area contributed by atoms with Crippen LogP contribution in [0.1, 0.15) is 27.7 Å². The van der Waals surface area contributed by atoms with Crippen molar-refractivity contribution in [1.82, 2.24) is 0 Å². The van der Waals surface area contributed by atoms with E-state index in [1.807, 2.05) is 36.4 Å². The Morgan fingerprint density at radius 2 is 1.31 bits per heavy atom. The second-order valence-electron chi connectivity index (χ2n) is 8.83. The highest BCUT2D eigenvalue weighted by molar-refractivity contribution is 6.65. The number of fused-ring (bicyclic) bond motifs is 7. The fourth-order valence-corrected chi connectivity index (χ4v) is 4.24. The lowest BCUT2D eigenvalue weighted by Gasteiger charge is -2.32. The van der Waals surface area contributed by atoms with Gasteiger partial charge in [-0.15, -0.1) is 0 Å². The molecule has 6 rings (SSSR count). The summed E-state index contributed by atoms with van der Waals surface area (Å²) in [4.78, 5) is 0. The molecule has 1 aliphatic heterocycles. The number of benzene rings is 3. The summed E-state index contributed by atoms with van der Waals surface area (Å²) in [5.41, 5.74) is 3.42. The van der Waals surface area contributed by atoms with Gasteiger partial charge in [0.25, 0.3) is 0 Å². The predicted molar refractivity (Wildman–Crippen MR) is 117 cm³/mol. The Balaban J connectivity index is 1.64. The van der Waals surface area contributed by atoms with Crippen molar-refractivity contribution in [3.8, 4) is 0 Å². The van der Waals surface area contributed by atoms with E-state index in [1.54, 1.807) is 0 Å². The summed E-state index contributed by atoms with van der Waals surface area (Å²) in [5, 5.41) is 4.21. The molecule has 0 atom stereocenters. The normalized spacial score (nSPS) is 18.6. The minimum absolute atomic E-state index is 0.405. The zero-order chi connectivity index (χ0) is 20.0. The Kier molecular flexibility index (Phi) is 3.21. The Morgan fingerprint density at radius 3 is 2.10 bits per heavy atom. The molecule has 144 valence electrons. The lowest BCUT2D eigenvalue weighted by Crippen LogP contribution is -2.41. The predicted octanol–water partition coefficient (Wildman–Crippen LogP) is 5.78. The molecular weight excluding hydrogens is 363 g/mol. The summed E-state index contributed by atoms with van der Waals surface area (Å²) in [7, 11) is -0.476. The number of para-hydroxylation sites is 2. The highest BCUT2D eigenvalue weighted by Gasteiger charge is 2.52. The van der Waals surface area contributed by atoms with Crippen LogP contribution in [0.3, 0.4) is 0 Å². The Morgan fingerprint density at radius 1 is 0.621 bits per heavy atom. The van der Waals surface area contributed by atoms with E-state index in [1.165, 1.54) is 0 Å². The molecule has 3 heterocycles. The molecule has 0 aliphatic carbocycles. The van der Waals surface area contributed by atoms with Gasteiger partial charge in [0, 0.05) is 21.6 Å². The zero-order valence-corrected chi connectivity index (χ0v) is 16.9. The van der Waals surface area contributed by atoms with Gasteiger partial charge in [0.05, 0.1) is 16.6 Å². The van der Waals surface area contributed by atoms with Crippen LogP contribution in [0.4, 0.5) is 0 Å². The van der Waals surface area contributed by atoms with E-state index in [4.69, 9.17) is 18.1 Å². The van der Waals surface area contributed by atoms with Gasteiger partial charge in [0.1, 0.15) is 22.3 Å². The van der Waals surface area contributed by atoms with E-state index in [0.717, 1.165) is 49.3 Å². The molecule has 0 amide bonds. The molecule has 1 fully saturated rings. The standard InChI is InChI=1S/C24H21BO4/c1-23(2)24(3,4)29-25(28-23)17-10-7-9-16-20-19(27-21(16)17)13-12-15-14-8-5-6-11-18(14)26-22(15)20/h5-13H,1-4H3. The van der Waals surface area contributed by atoms with Crippen LogP contribution in [0.5, 0.6) is 0 Å². The van der Waals surface area contributed by atoms with Gasteiger partial charge in [-0.2, -0.15) is 0 Å². The van der Waals surface area contributed by atoms with Crippen molar-refractivity contribution in [1.29, 1.82) is 0 Å². The van der Waals surface area contributed by atoms with Gasteiger partial charge in [-0.1, -0.05) is 36.4 Å². The largest absolute Gasteiger partial charge is 0.498 e. The van der Waals surface area contributed by atoms with Crippen LogP contribution in [0.2, 0.25) is 0 Å². The third-order valence-electron chi connectivity index (χ3n) is 6.54. The molecule has 4 nitrogen and oxygen atoms in total. The SMILES string of the molecule is CC1(C)OB(c2cccc3c2oc2ccc4c5ccccc5oc4c23)OC1(C)C. The van der Waals surface area contributed by atoms with Crippen LogP contribution in [0, 0.1) is 0 Å². The molecule has 2 aromatic heterocycles. The Hall–Kier alpha value is -2.76. The Labute approximate surface area is 168 Å². The average Bonchev–Trinajstić information content (AvgIpc) is 3.30. The van der Waals surface area contributed by atoms with Gasteiger partial charge in [0.15, 0.2) is 0 Å². The first-order chi connectivity index (χ1) is 13.9. The van der Waals surface area contributed by atoms with Crippen molar-refractivity contribution in [2.45, 2.75) is 38.9 Å². The average molecular weight is 384 g/mol. The third-order valence-corrected chi connectivity index (χ3v) is 6.54. The van der Waals surface area contributed by atoms with Crippen molar-refractivity contribution < 1.29 is 18.1 Å². The topological polar surface area (TPSA) is 44.7 Å². The molecule has 0 spiro atoms. The fourth-order valence-electron chi connectivity index (χ4n) is 4.24. The molecule has 0 saturated carbocycles. The molecule has 1 saturated heterocycles. The van der Waals surface area contributed by atoms with E-state index in [2.05, 4.69) is 45.9 Å². The first-order valence-electron chi connectivity index (χ1n) is 9.97. The van der Waals surface area contributed by atoms with Crippen LogP contribution in [-0.2, 0) is 9.31 Å². The molecule has 29 heavy (non-hydrogen) atoms. The molecule has 1 aliphatic rings. The zero-order valence-electron chi connectivity index (χ0n) is 16.9. The van der Waals surface area contributed by atoms with Gasteiger partial charge in [-0.3, -0.25) is 0 Å². The van der Waals surface area contributed by atoms with Crippen molar-refractivity contribution in [2.75, 3.05) is 0 Å². The second-order valence-corrected chi connectivity index (χ2v) is 8.83. The van der Waals surface area contributed by atoms with Crippen LogP contribution < -0.4 is 5.46 Å². The third kappa shape index (κ3) is 2.23. The highest BCUT2D eigenvalue weighted by atomic mass is 16.7. The van der Waals surface area contributed by atoms with Crippen LogP contribution in [0.15, 0.2) is 63.4 Å². The quantitative estimate of drug-likeness (QED) is 0.344. The maximum absolute atomic E-state index is 6.32. The molecule has 0 unspecified atom stereocenters. The van der Waals surface area contributed by atoms with Crippen molar-refractivity contribution in [3.63, 3.8) is 0 Å². The molecule has 0 bridgehead atoms. The number of hydrogen-bond acceptors (Lipinski definition) is 4. The molecule has 5 aromatic rings. The molecule has 0 N–H and O–H groups in total. The monoisotopic (exact) mass is 384 g/mol. The molecule has 0 radical (unpaired) electrons. The lowest BCUT2D eigenvalue weighted by atomic mass is 9.78. The minimum Gasteiger partial charge on any atom is -0.456 e. The van der Waals surface area contributed by atoms with Gasteiger partial charge >= 0.3 is 7.12 Å². The highest BCUT2D eigenvalue weighted by Crippen LogP contribution is 2.40. The molecule has 3 aromatic carbocycles. The first-order valence-corrected chi connectivity index (χ1v) is 9.97. The second kappa shape index (κ2) is 5.44. The van der Waals surface area contributed by atoms with Crippen LogP contribution >= 0.6 is 0 Å². The van der Waals surface area contributed by atoms with Gasteiger partial charge in [-0.05, 0) is 45.9 Å². The van der Waals surface area contributed by atoms with Gasteiger partial charge < -0.3 is 18.1 Å². The van der Waals surface area contributed by atoms with E-state index in [0.29, 0.717) is 0 Å². The van der Waals surface area contributed by atoms with Crippen molar-refractivity contribution >= 4 is 56.5 Å². The summed E-state index contributed by atoms with van der Waals surface area (Å²) in [6, 6.07) is 18.3. The van der Waals surface area contributed by atoms with Gasteiger partial charge in [0.2, 0.25) is 0 Å². The Bertz CT molecular complexity index is 1410. The lowest BCUT2D eigenvalue weighted by molar-refractivity contribution is 0.00578. The van der Waals surface area contributed by atoms with E-state index in [-0.39, 0.29) is 0 Å². The number of furan rings is 2. The van der Waals surface area contributed by atoms with Gasteiger partial charge in [-0.25, -0.2) is 0 Å². The van der Waals surface area contributed by atoms with E-state index in [9.17, 15) is 0 Å². The summed E-state index contributed by atoms with van der Waals surface area (Å²) in [5.74, 6) is 0. The summed E-state index contributed by atoms with van der Waals surface area (Å²) >= 11 is 0. The summed E-state index contributed by atoms with van der Waals surface area (Å²) in [6.45, 7) is 8.24. The maximum Gasteiger partial charge on any atom is 0.498 e. The van der Waals surface area contributed by atoms with Crippen molar-refractivity contribution in [3.05, 3.63) is 54.6 Å². The van der Waals surface area contributed by atoms with Crippen LogP contribution in [-0.4, -0.2) is 18.3 Å². The first kappa shape index (κ1) is 17.1. The smallest absolute Gasteiger partial charge is 0.456 e. The van der Waals surface area contributed by atoms with E-state index >= 15 is 0 Å². The molecule has 5 heteroatoms. The summed E-state index contributed by atoms with van der Waals surface area (Å²) < 4.78 is 25.1. The van der Waals surface area contributed by atoms with E-state index < -0.39 is 18.3 Å².